The summed E-state index contributed by atoms with van der Waals surface area (Å²) in [5.41, 5.74) is 2.86. The number of rotatable bonds is 2. The highest BCUT2D eigenvalue weighted by Crippen LogP contribution is 2.30. The molecule has 0 aliphatic heterocycles. The molecule has 0 spiro atoms. The van der Waals surface area contributed by atoms with E-state index in [9.17, 15) is 4.79 Å². The van der Waals surface area contributed by atoms with E-state index in [1.807, 2.05) is 12.1 Å². The Morgan fingerprint density at radius 2 is 1.50 bits per heavy atom. The molecule has 1 N–H and O–H groups in total. The summed E-state index contributed by atoms with van der Waals surface area (Å²) in [4.78, 5) is 16.8. The fraction of sp³-hybridized carbons (Fsp3) is 0.400. The molecule has 0 atom stereocenters. The summed E-state index contributed by atoms with van der Waals surface area (Å²) < 4.78 is 0. The molecule has 1 amide bonds. The number of hydrogen-bond donors (Lipinski definition) is 1. The summed E-state index contributed by atoms with van der Waals surface area (Å²) in [6.07, 6.45) is 1.52. The van der Waals surface area contributed by atoms with Gasteiger partial charge in [-0.2, -0.15) is 0 Å². The first kappa shape index (κ1) is 18.5. The van der Waals surface area contributed by atoms with Crippen molar-refractivity contribution in [3.63, 3.8) is 0 Å². The van der Waals surface area contributed by atoms with Gasteiger partial charge in [0.25, 0.3) is 5.91 Å². The maximum Gasteiger partial charge on any atom is 0.256 e. The van der Waals surface area contributed by atoms with Gasteiger partial charge in [0.15, 0.2) is 0 Å². The lowest BCUT2D eigenvalue weighted by atomic mass is 9.79. The number of halogens is 1. The lowest BCUT2D eigenvalue weighted by Crippen LogP contribution is -2.20. The predicted molar refractivity (Wildman–Crippen MR) is 101 cm³/mol. The van der Waals surface area contributed by atoms with Gasteiger partial charge in [-0.1, -0.05) is 59.2 Å². The Morgan fingerprint density at radius 3 is 1.92 bits per heavy atom. The first-order chi connectivity index (χ1) is 11.0. The Morgan fingerprint density at radius 1 is 0.958 bits per heavy atom. The number of benzene rings is 1. The first-order valence-electron chi connectivity index (χ1n) is 8.06. The molecule has 0 unspecified atom stereocenters. The van der Waals surface area contributed by atoms with Gasteiger partial charge in [0.05, 0.1) is 5.02 Å². The minimum atomic E-state index is -0.165. The quantitative estimate of drug-likeness (QED) is 0.772. The van der Waals surface area contributed by atoms with E-state index in [0.717, 1.165) is 11.1 Å². The normalized spacial score (nSPS) is 12.1. The van der Waals surface area contributed by atoms with Gasteiger partial charge in [0.1, 0.15) is 5.82 Å². The fourth-order valence-corrected chi connectivity index (χ4v) is 2.37. The summed E-state index contributed by atoms with van der Waals surface area (Å²) in [5, 5.41) is 3.37. The molecule has 1 heterocycles. The molecule has 3 nitrogen and oxygen atoms in total. The van der Waals surface area contributed by atoms with Gasteiger partial charge >= 0.3 is 0 Å². The molecule has 0 bridgehead atoms. The van der Waals surface area contributed by atoms with Gasteiger partial charge in [0.2, 0.25) is 0 Å². The van der Waals surface area contributed by atoms with Crippen LogP contribution in [0.1, 0.15) is 63.0 Å². The third-order valence-corrected chi connectivity index (χ3v) is 4.12. The molecular formula is C20H25ClN2O. The van der Waals surface area contributed by atoms with E-state index in [1.165, 1.54) is 6.20 Å². The van der Waals surface area contributed by atoms with Gasteiger partial charge in [-0.05, 0) is 46.2 Å². The summed E-state index contributed by atoms with van der Waals surface area (Å²) in [5.74, 6) is 0.323. The van der Waals surface area contributed by atoms with Crippen molar-refractivity contribution < 1.29 is 4.79 Å². The second kappa shape index (κ2) is 6.56. The van der Waals surface area contributed by atoms with Crippen LogP contribution < -0.4 is 5.32 Å². The molecule has 0 aliphatic rings. The Hall–Kier alpha value is -1.87. The molecule has 4 heteroatoms. The molecule has 24 heavy (non-hydrogen) atoms. The number of aromatic nitrogens is 1. The average Bonchev–Trinajstić information content (AvgIpc) is 2.47. The van der Waals surface area contributed by atoms with Crippen molar-refractivity contribution in [3.05, 3.63) is 58.2 Å². The van der Waals surface area contributed by atoms with Crippen molar-refractivity contribution in [2.45, 2.75) is 52.4 Å². The number of nitrogens with one attached hydrogen (secondary N) is 1. The average molecular weight is 345 g/mol. The van der Waals surface area contributed by atoms with E-state index in [1.54, 1.807) is 12.1 Å². The van der Waals surface area contributed by atoms with E-state index < -0.39 is 0 Å². The van der Waals surface area contributed by atoms with E-state index in [4.69, 9.17) is 11.6 Å². The Labute approximate surface area is 149 Å². The van der Waals surface area contributed by atoms with E-state index in [2.05, 4.69) is 57.9 Å². The van der Waals surface area contributed by atoms with Crippen molar-refractivity contribution in [2.24, 2.45) is 0 Å². The van der Waals surface area contributed by atoms with Gasteiger partial charge < -0.3 is 5.32 Å². The third-order valence-electron chi connectivity index (χ3n) is 3.90. The van der Waals surface area contributed by atoms with Crippen molar-refractivity contribution in [1.82, 2.24) is 4.98 Å². The van der Waals surface area contributed by atoms with Crippen LogP contribution >= 0.6 is 11.6 Å². The molecule has 2 aromatic rings. The van der Waals surface area contributed by atoms with Crippen LogP contribution in [0.5, 0.6) is 0 Å². The summed E-state index contributed by atoms with van der Waals surface area (Å²) >= 11 is 5.83. The second-order valence-electron chi connectivity index (χ2n) is 8.11. The van der Waals surface area contributed by atoms with Crippen LogP contribution in [-0.2, 0) is 10.8 Å². The standard InChI is InChI=1S/C20H25ClN2O/c1-19(2,3)14-9-13(10-15(11-14)20(4,5)6)18(24)23-17-8-7-16(21)12-22-17/h7-12H,1-6H3,(H,22,23,24). The Balaban J connectivity index is 2.40. The van der Waals surface area contributed by atoms with Gasteiger partial charge in [-0.3, -0.25) is 4.79 Å². The van der Waals surface area contributed by atoms with Crippen molar-refractivity contribution in [3.8, 4) is 0 Å². The topological polar surface area (TPSA) is 42.0 Å². The lowest BCUT2D eigenvalue weighted by molar-refractivity contribution is 0.102. The number of pyridine rings is 1. The molecule has 0 saturated carbocycles. The van der Waals surface area contributed by atoms with E-state index in [0.29, 0.717) is 16.4 Å². The summed E-state index contributed by atoms with van der Waals surface area (Å²) in [6, 6.07) is 9.51. The SMILES string of the molecule is CC(C)(C)c1cc(C(=O)Nc2ccc(Cl)cn2)cc(C(C)(C)C)c1. The number of carbonyl (C=O) groups is 1. The molecule has 0 saturated heterocycles. The largest absolute Gasteiger partial charge is 0.307 e. The highest BCUT2D eigenvalue weighted by Gasteiger charge is 2.22. The zero-order valence-corrected chi connectivity index (χ0v) is 16.0. The number of nitrogens with zero attached hydrogens (tertiary/aromatic N) is 1. The molecule has 0 radical (unpaired) electrons. The van der Waals surface area contributed by atoms with Crippen LogP contribution in [-0.4, -0.2) is 10.9 Å². The Kier molecular flexibility index (Phi) is 5.05. The van der Waals surface area contributed by atoms with Crippen molar-refractivity contribution in [1.29, 1.82) is 0 Å². The Bertz CT molecular complexity index is 705. The number of amides is 1. The minimum Gasteiger partial charge on any atom is -0.307 e. The maximum atomic E-state index is 12.7. The van der Waals surface area contributed by atoms with Crippen LogP contribution in [0.4, 0.5) is 5.82 Å². The monoisotopic (exact) mass is 344 g/mol. The van der Waals surface area contributed by atoms with Crippen LogP contribution in [0.3, 0.4) is 0 Å². The lowest BCUT2D eigenvalue weighted by Gasteiger charge is -2.26. The summed E-state index contributed by atoms with van der Waals surface area (Å²) in [6.45, 7) is 12.9. The molecule has 1 aromatic carbocycles. The maximum absolute atomic E-state index is 12.7. The zero-order valence-electron chi connectivity index (χ0n) is 15.2. The minimum absolute atomic E-state index is 0.0329. The van der Waals surface area contributed by atoms with Crippen LogP contribution in [0, 0.1) is 0 Å². The highest BCUT2D eigenvalue weighted by molar-refractivity contribution is 6.30. The molecule has 0 fully saturated rings. The molecule has 128 valence electrons. The highest BCUT2D eigenvalue weighted by atomic mass is 35.5. The third kappa shape index (κ3) is 4.57. The summed E-state index contributed by atoms with van der Waals surface area (Å²) in [7, 11) is 0. The zero-order chi connectivity index (χ0) is 18.1. The molecule has 2 rings (SSSR count). The number of hydrogen-bond acceptors (Lipinski definition) is 2. The smallest absolute Gasteiger partial charge is 0.256 e. The molecular weight excluding hydrogens is 320 g/mol. The van der Waals surface area contributed by atoms with E-state index in [-0.39, 0.29) is 16.7 Å². The second-order valence-corrected chi connectivity index (χ2v) is 8.55. The van der Waals surface area contributed by atoms with Crippen LogP contribution in [0.2, 0.25) is 5.02 Å². The van der Waals surface area contributed by atoms with Crippen molar-refractivity contribution >= 4 is 23.3 Å². The molecule has 0 aliphatic carbocycles. The molecule has 1 aromatic heterocycles. The fourth-order valence-electron chi connectivity index (χ4n) is 2.26. The van der Waals surface area contributed by atoms with Gasteiger partial charge in [-0.25, -0.2) is 4.98 Å². The van der Waals surface area contributed by atoms with Gasteiger partial charge in [-0.15, -0.1) is 0 Å². The van der Waals surface area contributed by atoms with Crippen LogP contribution in [0.25, 0.3) is 0 Å². The number of anilines is 1. The van der Waals surface area contributed by atoms with Gasteiger partial charge in [0, 0.05) is 11.8 Å². The van der Waals surface area contributed by atoms with E-state index >= 15 is 0 Å². The van der Waals surface area contributed by atoms with Crippen molar-refractivity contribution in [2.75, 3.05) is 5.32 Å². The number of carbonyl (C=O) groups excluding carboxylic acids is 1. The predicted octanol–water partition coefficient (Wildman–Crippen LogP) is 5.58. The van der Waals surface area contributed by atoms with Crippen LogP contribution in [0.15, 0.2) is 36.5 Å². The first-order valence-corrected chi connectivity index (χ1v) is 8.43.